The van der Waals surface area contributed by atoms with E-state index < -0.39 is 0 Å². The van der Waals surface area contributed by atoms with Gasteiger partial charge in [-0.25, -0.2) is 4.79 Å². The molecule has 0 saturated carbocycles. The fourth-order valence-electron chi connectivity index (χ4n) is 0.763. The lowest BCUT2D eigenvalue weighted by molar-refractivity contribution is -0.136. The molecule has 0 heterocycles. The van der Waals surface area contributed by atoms with E-state index in [0.29, 0.717) is 5.57 Å². The zero-order valence-corrected chi connectivity index (χ0v) is 11.4. The van der Waals surface area contributed by atoms with Gasteiger partial charge in [0.1, 0.15) is 0 Å². The third-order valence-corrected chi connectivity index (χ3v) is 1.66. The van der Waals surface area contributed by atoms with Crippen molar-refractivity contribution in [1.29, 1.82) is 5.26 Å². The first kappa shape index (κ1) is 18.8. The molecule has 0 spiro atoms. The lowest BCUT2D eigenvalue weighted by atomic mass is 10.2. The monoisotopic (exact) mass is 257 g/mol. The average Bonchev–Trinajstić information content (AvgIpc) is 2.48. The van der Waals surface area contributed by atoms with Gasteiger partial charge in [0.05, 0.1) is 13.2 Å². The summed E-state index contributed by atoms with van der Waals surface area (Å²) in [6, 6.07) is 11.7. The third-order valence-electron chi connectivity index (χ3n) is 1.66. The van der Waals surface area contributed by atoms with Gasteiger partial charge in [0.2, 0.25) is 0 Å². The molecular formula is C16H19NO2. The summed E-state index contributed by atoms with van der Waals surface area (Å²) in [6.45, 7) is 11.7. The van der Waals surface area contributed by atoms with E-state index in [2.05, 4.69) is 24.5 Å². The highest BCUT2D eigenvalue weighted by Crippen LogP contribution is 1.97. The van der Waals surface area contributed by atoms with Gasteiger partial charge in [0, 0.05) is 11.6 Å². The molecule has 0 aliphatic rings. The highest BCUT2D eigenvalue weighted by Gasteiger charge is 1.95. The number of methoxy groups -OCH3 is 1. The van der Waals surface area contributed by atoms with Gasteiger partial charge in [0.15, 0.2) is 0 Å². The van der Waals surface area contributed by atoms with Crippen LogP contribution in [0.15, 0.2) is 61.7 Å². The number of hydrogen-bond donors (Lipinski definition) is 0. The van der Waals surface area contributed by atoms with Crippen LogP contribution >= 0.6 is 0 Å². The molecule has 0 aliphatic carbocycles. The van der Waals surface area contributed by atoms with Crippen molar-refractivity contribution in [3.8, 4) is 6.07 Å². The van der Waals surface area contributed by atoms with Crippen LogP contribution in [-0.4, -0.2) is 13.1 Å². The number of carbonyl (C=O) groups excluding carboxylic acids is 1. The zero-order chi connectivity index (χ0) is 15.1. The topological polar surface area (TPSA) is 50.1 Å². The Morgan fingerprint density at radius 3 is 1.95 bits per heavy atom. The molecule has 100 valence electrons. The smallest absolute Gasteiger partial charge is 0.332 e. The minimum absolute atomic E-state index is 0.347. The average molecular weight is 257 g/mol. The molecule has 1 rings (SSSR count). The lowest BCUT2D eigenvalue weighted by Crippen LogP contribution is -1.98. The molecule has 0 bridgehead atoms. The van der Waals surface area contributed by atoms with E-state index in [-0.39, 0.29) is 5.97 Å². The maximum absolute atomic E-state index is 10.2. The van der Waals surface area contributed by atoms with Crippen molar-refractivity contribution in [2.45, 2.75) is 6.92 Å². The predicted octanol–water partition coefficient (Wildman–Crippen LogP) is 3.76. The Bertz CT molecular complexity index is 442. The summed E-state index contributed by atoms with van der Waals surface area (Å²) in [6.07, 6.45) is 3.01. The first-order chi connectivity index (χ1) is 9.03. The Morgan fingerprint density at radius 2 is 1.79 bits per heavy atom. The Labute approximate surface area is 115 Å². The summed E-state index contributed by atoms with van der Waals surface area (Å²) in [5, 5.41) is 7.51. The molecule has 0 N–H and O–H groups in total. The second-order valence-electron chi connectivity index (χ2n) is 3.22. The van der Waals surface area contributed by atoms with Gasteiger partial charge in [-0.3, -0.25) is 0 Å². The van der Waals surface area contributed by atoms with Crippen LogP contribution in [0.3, 0.4) is 0 Å². The number of esters is 1. The summed E-state index contributed by atoms with van der Waals surface area (Å²) in [5.41, 5.74) is 1.61. The van der Waals surface area contributed by atoms with Gasteiger partial charge in [-0.2, -0.15) is 5.26 Å². The van der Waals surface area contributed by atoms with E-state index >= 15 is 0 Å². The van der Waals surface area contributed by atoms with Crippen molar-refractivity contribution in [3.05, 3.63) is 67.3 Å². The largest absolute Gasteiger partial charge is 0.466 e. The molecular weight excluding hydrogens is 238 g/mol. The molecule has 0 unspecified atom stereocenters. The van der Waals surface area contributed by atoms with E-state index in [1.165, 1.54) is 18.7 Å². The van der Waals surface area contributed by atoms with Crippen LogP contribution in [0.1, 0.15) is 12.5 Å². The molecule has 0 atom stereocenters. The molecule has 0 aliphatic heterocycles. The van der Waals surface area contributed by atoms with Gasteiger partial charge < -0.3 is 4.74 Å². The van der Waals surface area contributed by atoms with E-state index in [9.17, 15) is 4.79 Å². The first-order valence-electron chi connectivity index (χ1n) is 5.45. The van der Waals surface area contributed by atoms with Crippen molar-refractivity contribution < 1.29 is 9.53 Å². The van der Waals surface area contributed by atoms with Gasteiger partial charge in [0.25, 0.3) is 0 Å². The zero-order valence-electron chi connectivity index (χ0n) is 11.4. The van der Waals surface area contributed by atoms with Crippen molar-refractivity contribution in [1.82, 2.24) is 0 Å². The third kappa shape index (κ3) is 13.3. The van der Waals surface area contributed by atoms with Crippen LogP contribution in [-0.2, 0) is 9.53 Å². The van der Waals surface area contributed by atoms with Crippen molar-refractivity contribution in [3.63, 3.8) is 0 Å². The lowest BCUT2D eigenvalue weighted by Gasteiger charge is -1.91. The Morgan fingerprint density at radius 1 is 1.32 bits per heavy atom. The highest BCUT2D eigenvalue weighted by atomic mass is 16.5. The predicted molar refractivity (Wildman–Crippen MR) is 79.2 cm³/mol. The highest BCUT2D eigenvalue weighted by molar-refractivity contribution is 5.86. The SMILES string of the molecule is C=C(C)C(=O)OC.C=CC#N.C=Cc1ccccc1. The molecule has 0 radical (unpaired) electrons. The summed E-state index contributed by atoms with van der Waals surface area (Å²) in [7, 11) is 1.33. The van der Waals surface area contributed by atoms with Crippen LogP contribution in [0.2, 0.25) is 0 Å². The van der Waals surface area contributed by atoms with E-state index in [1.807, 2.05) is 36.4 Å². The standard InChI is InChI=1S/C8H8.C5H8O2.C3H3N/c1-2-8-6-4-3-5-7-8;1-4(2)5(6)7-3;1-2-3-4/h2-7H,1H2;1H2,2-3H3;2H,1H2. The molecule has 0 amide bonds. The van der Waals surface area contributed by atoms with E-state index in [4.69, 9.17) is 5.26 Å². The Kier molecular flexibility index (Phi) is 13.3. The van der Waals surface area contributed by atoms with Crippen LogP contribution in [0.4, 0.5) is 0 Å². The number of rotatable bonds is 2. The maximum atomic E-state index is 10.2. The number of ether oxygens (including phenoxy) is 1. The van der Waals surface area contributed by atoms with Gasteiger partial charge in [-0.1, -0.05) is 56.1 Å². The Hall–Kier alpha value is -2.60. The van der Waals surface area contributed by atoms with Gasteiger partial charge >= 0.3 is 5.97 Å². The first-order valence-corrected chi connectivity index (χ1v) is 5.45. The fraction of sp³-hybridized carbons (Fsp3) is 0.125. The molecule has 0 aromatic heterocycles. The molecule has 19 heavy (non-hydrogen) atoms. The maximum Gasteiger partial charge on any atom is 0.332 e. The van der Waals surface area contributed by atoms with Gasteiger partial charge in [-0.15, -0.1) is 0 Å². The fourth-order valence-corrected chi connectivity index (χ4v) is 0.763. The Balaban J connectivity index is 0. The normalized spacial score (nSPS) is 7.21. The summed E-state index contributed by atoms with van der Waals surface area (Å²) in [5.74, 6) is -0.347. The van der Waals surface area contributed by atoms with Crippen LogP contribution in [0.5, 0.6) is 0 Å². The van der Waals surface area contributed by atoms with Crippen molar-refractivity contribution >= 4 is 12.0 Å². The van der Waals surface area contributed by atoms with Crippen LogP contribution in [0.25, 0.3) is 6.08 Å². The summed E-state index contributed by atoms with van der Waals surface area (Å²) in [4.78, 5) is 10.2. The van der Waals surface area contributed by atoms with Crippen LogP contribution < -0.4 is 0 Å². The number of nitrogens with zero attached hydrogens (tertiary/aromatic N) is 1. The molecule has 0 saturated heterocycles. The number of allylic oxidation sites excluding steroid dienone is 1. The molecule has 1 aromatic carbocycles. The van der Waals surface area contributed by atoms with Crippen molar-refractivity contribution in [2.75, 3.05) is 7.11 Å². The second-order valence-corrected chi connectivity index (χ2v) is 3.22. The minimum atomic E-state index is -0.347. The quantitative estimate of drug-likeness (QED) is 0.460. The van der Waals surface area contributed by atoms with Crippen molar-refractivity contribution in [2.24, 2.45) is 0 Å². The van der Waals surface area contributed by atoms with Gasteiger partial charge in [-0.05, 0) is 12.5 Å². The molecule has 1 aromatic rings. The van der Waals surface area contributed by atoms with E-state index in [1.54, 1.807) is 13.0 Å². The molecule has 3 heteroatoms. The second kappa shape index (κ2) is 13.5. The number of carbonyl (C=O) groups is 1. The van der Waals surface area contributed by atoms with E-state index in [0.717, 1.165) is 0 Å². The number of nitriles is 1. The number of hydrogen-bond acceptors (Lipinski definition) is 3. The summed E-state index contributed by atoms with van der Waals surface area (Å²) >= 11 is 0. The summed E-state index contributed by atoms with van der Waals surface area (Å²) < 4.78 is 4.27. The van der Waals surface area contributed by atoms with Crippen LogP contribution in [0, 0.1) is 11.3 Å². The minimum Gasteiger partial charge on any atom is -0.466 e. The number of benzene rings is 1. The molecule has 0 fully saturated rings. The molecule has 3 nitrogen and oxygen atoms in total.